The van der Waals surface area contributed by atoms with Crippen LogP contribution in [-0.4, -0.2) is 30.0 Å². The van der Waals surface area contributed by atoms with Crippen molar-refractivity contribution in [2.75, 3.05) is 18.6 Å². The smallest absolute Gasteiger partial charge is 0.240 e. The van der Waals surface area contributed by atoms with Gasteiger partial charge in [-0.15, -0.1) is 0 Å². The fourth-order valence-electron chi connectivity index (χ4n) is 2.20. The second-order valence-corrected chi connectivity index (χ2v) is 5.90. The molecule has 4 heteroatoms. The Kier molecular flexibility index (Phi) is 5.62. The first-order valence-corrected chi connectivity index (χ1v) is 7.54. The molecule has 0 aromatic heterocycles. The molecule has 1 atom stereocenters. The Morgan fingerprint density at radius 3 is 2.62 bits per heavy atom. The quantitative estimate of drug-likeness (QED) is 0.775. The Morgan fingerprint density at radius 1 is 1.44 bits per heavy atom. The highest BCUT2D eigenvalue weighted by Crippen LogP contribution is 2.25. The Hall–Kier alpha value is -0.220. The molecule has 3 N–H and O–H groups in total. The predicted molar refractivity (Wildman–Crippen MR) is 70.6 cm³/mol. The van der Waals surface area contributed by atoms with Crippen molar-refractivity contribution in [1.82, 2.24) is 5.32 Å². The number of carbonyl (C=O) groups is 1. The third-order valence-corrected chi connectivity index (χ3v) is 4.16. The molecule has 0 bridgehead atoms. The Labute approximate surface area is 103 Å². The number of amides is 1. The molecule has 0 radical (unpaired) electrons. The summed E-state index contributed by atoms with van der Waals surface area (Å²) >= 11 is 1.81. The maximum atomic E-state index is 12.0. The van der Waals surface area contributed by atoms with Gasteiger partial charge >= 0.3 is 0 Å². The van der Waals surface area contributed by atoms with Crippen LogP contribution < -0.4 is 11.1 Å². The van der Waals surface area contributed by atoms with Gasteiger partial charge in [0, 0.05) is 6.54 Å². The molecular formula is C12H24N2OS. The van der Waals surface area contributed by atoms with Crippen LogP contribution in [0.4, 0.5) is 0 Å². The summed E-state index contributed by atoms with van der Waals surface area (Å²) in [4.78, 5) is 12.0. The average molecular weight is 244 g/mol. The molecular weight excluding hydrogens is 220 g/mol. The van der Waals surface area contributed by atoms with Gasteiger partial charge in [0.05, 0.1) is 5.54 Å². The lowest BCUT2D eigenvalue weighted by molar-refractivity contribution is -0.127. The Morgan fingerprint density at radius 2 is 2.06 bits per heavy atom. The van der Waals surface area contributed by atoms with Crippen molar-refractivity contribution in [2.24, 2.45) is 11.7 Å². The zero-order valence-electron chi connectivity index (χ0n) is 10.4. The van der Waals surface area contributed by atoms with Crippen LogP contribution in [0.15, 0.2) is 0 Å². The lowest BCUT2D eigenvalue weighted by Gasteiger charge is -2.32. The van der Waals surface area contributed by atoms with Gasteiger partial charge in [-0.3, -0.25) is 4.79 Å². The first-order valence-electron chi connectivity index (χ1n) is 6.14. The maximum absolute atomic E-state index is 12.0. The summed E-state index contributed by atoms with van der Waals surface area (Å²) < 4.78 is 0. The zero-order valence-corrected chi connectivity index (χ0v) is 11.2. The van der Waals surface area contributed by atoms with Crippen molar-refractivity contribution >= 4 is 17.7 Å². The molecule has 0 aromatic carbocycles. The van der Waals surface area contributed by atoms with Gasteiger partial charge in [-0.05, 0) is 30.8 Å². The minimum absolute atomic E-state index is 0.0557. The standard InChI is InChI=1S/C12H24N2OS/c1-10(9-16-2)8-14-11(15)12(13)6-4-3-5-7-12/h10H,3-9,13H2,1-2H3,(H,14,15). The lowest BCUT2D eigenvalue weighted by atomic mass is 9.82. The van der Waals surface area contributed by atoms with E-state index in [0.717, 1.165) is 38.0 Å². The first-order chi connectivity index (χ1) is 7.58. The summed E-state index contributed by atoms with van der Waals surface area (Å²) in [7, 11) is 0. The van der Waals surface area contributed by atoms with Gasteiger partial charge in [0.1, 0.15) is 0 Å². The number of rotatable bonds is 5. The van der Waals surface area contributed by atoms with Crippen molar-refractivity contribution in [3.05, 3.63) is 0 Å². The SMILES string of the molecule is CSCC(C)CNC(=O)C1(N)CCCCC1. The van der Waals surface area contributed by atoms with Gasteiger partial charge in [0.25, 0.3) is 0 Å². The summed E-state index contributed by atoms with van der Waals surface area (Å²) in [5.41, 5.74) is 5.56. The van der Waals surface area contributed by atoms with Crippen LogP contribution in [0.2, 0.25) is 0 Å². The van der Waals surface area contributed by atoms with E-state index >= 15 is 0 Å². The maximum Gasteiger partial charge on any atom is 0.240 e. The molecule has 0 aliphatic heterocycles. The number of hydrogen-bond acceptors (Lipinski definition) is 3. The van der Waals surface area contributed by atoms with Crippen LogP contribution in [0.25, 0.3) is 0 Å². The van der Waals surface area contributed by atoms with Crippen LogP contribution in [0.3, 0.4) is 0 Å². The predicted octanol–water partition coefficient (Wildman–Crippen LogP) is 1.76. The molecule has 0 saturated heterocycles. The Balaban J connectivity index is 2.33. The summed E-state index contributed by atoms with van der Waals surface area (Å²) in [6.45, 7) is 2.90. The van der Waals surface area contributed by atoms with Crippen molar-refractivity contribution in [1.29, 1.82) is 0 Å². The van der Waals surface area contributed by atoms with Gasteiger partial charge in [-0.2, -0.15) is 11.8 Å². The minimum atomic E-state index is -0.586. The van der Waals surface area contributed by atoms with E-state index in [0.29, 0.717) is 5.92 Å². The molecule has 1 aliphatic carbocycles. The highest BCUT2D eigenvalue weighted by Gasteiger charge is 2.34. The molecule has 94 valence electrons. The molecule has 1 unspecified atom stereocenters. The van der Waals surface area contributed by atoms with Gasteiger partial charge in [0.2, 0.25) is 5.91 Å². The van der Waals surface area contributed by atoms with E-state index in [1.807, 2.05) is 11.8 Å². The number of hydrogen-bond donors (Lipinski definition) is 2. The molecule has 0 heterocycles. The number of thioether (sulfide) groups is 1. The van der Waals surface area contributed by atoms with E-state index in [1.165, 1.54) is 6.42 Å². The Bertz CT molecular complexity index is 227. The van der Waals surface area contributed by atoms with Crippen LogP contribution in [0, 0.1) is 5.92 Å². The van der Waals surface area contributed by atoms with E-state index in [-0.39, 0.29) is 5.91 Å². The fourth-order valence-corrected chi connectivity index (χ4v) is 2.88. The molecule has 1 amide bonds. The molecule has 1 rings (SSSR count). The summed E-state index contributed by atoms with van der Waals surface area (Å²) in [5.74, 6) is 1.66. The van der Waals surface area contributed by atoms with E-state index in [9.17, 15) is 4.79 Å². The van der Waals surface area contributed by atoms with Gasteiger partial charge in [-0.25, -0.2) is 0 Å². The molecule has 1 saturated carbocycles. The van der Waals surface area contributed by atoms with Crippen LogP contribution in [-0.2, 0) is 4.79 Å². The normalized spacial score (nSPS) is 21.4. The molecule has 16 heavy (non-hydrogen) atoms. The molecule has 0 aromatic rings. The highest BCUT2D eigenvalue weighted by atomic mass is 32.2. The molecule has 1 fully saturated rings. The zero-order chi connectivity index (χ0) is 12.0. The molecule has 3 nitrogen and oxygen atoms in total. The third-order valence-electron chi connectivity index (χ3n) is 3.26. The van der Waals surface area contributed by atoms with E-state index in [1.54, 1.807) is 0 Å². The van der Waals surface area contributed by atoms with Crippen molar-refractivity contribution in [2.45, 2.75) is 44.6 Å². The largest absolute Gasteiger partial charge is 0.354 e. The van der Waals surface area contributed by atoms with E-state index < -0.39 is 5.54 Å². The van der Waals surface area contributed by atoms with Crippen molar-refractivity contribution in [3.8, 4) is 0 Å². The van der Waals surface area contributed by atoms with Crippen LogP contribution >= 0.6 is 11.8 Å². The van der Waals surface area contributed by atoms with E-state index in [4.69, 9.17) is 5.73 Å². The fraction of sp³-hybridized carbons (Fsp3) is 0.917. The minimum Gasteiger partial charge on any atom is -0.354 e. The topological polar surface area (TPSA) is 55.1 Å². The van der Waals surface area contributed by atoms with Crippen LogP contribution in [0.5, 0.6) is 0 Å². The van der Waals surface area contributed by atoms with Gasteiger partial charge in [-0.1, -0.05) is 26.2 Å². The van der Waals surface area contributed by atoms with Gasteiger partial charge < -0.3 is 11.1 Å². The lowest BCUT2D eigenvalue weighted by Crippen LogP contribution is -2.55. The highest BCUT2D eigenvalue weighted by molar-refractivity contribution is 7.98. The third kappa shape index (κ3) is 3.98. The number of carbonyl (C=O) groups excluding carboxylic acids is 1. The van der Waals surface area contributed by atoms with Crippen molar-refractivity contribution in [3.63, 3.8) is 0 Å². The average Bonchev–Trinajstić information content (AvgIpc) is 2.27. The monoisotopic (exact) mass is 244 g/mol. The summed E-state index contributed by atoms with van der Waals surface area (Å²) in [6.07, 6.45) is 7.17. The molecule has 1 aliphatic rings. The second kappa shape index (κ2) is 6.50. The van der Waals surface area contributed by atoms with Gasteiger partial charge in [0.15, 0.2) is 0 Å². The summed E-state index contributed by atoms with van der Waals surface area (Å²) in [5, 5.41) is 3.00. The van der Waals surface area contributed by atoms with Crippen molar-refractivity contribution < 1.29 is 4.79 Å². The van der Waals surface area contributed by atoms with Crippen LogP contribution in [0.1, 0.15) is 39.0 Å². The van der Waals surface area contributed by atoms with E-state index in [2.05, 4.69) is 18.5 Å². The number of nitrogens with two attached hydrogens (primary N) is 1. The number of nitrogens with one attached hydrogen (secondary N) is 1. The molecule has 0 spiro atoms. The summed E-state index contributed by atoms with van der Waals surface area (Å²) in [6, 6.07) is 0. The second-order valence-electron chi connectivity index (χ2n) is 4.99. The first kappa shape index (κ1) is 13.8.